The maximum Gasteiger partial charge on any atom is 0.260 e. The summed E-state index contributed by atoms with van der Waals surface area (Å²) >= 11 is 1.42. The largest absolute Gasteiger partial charge is 0.493 e. The lowest BCUT2D eigenvalue weighted by Gasteiger charge is -2.19. The van der Waals surface area contributed by atoms with Crippen LogP contribution in [-0.2, 0) is 0 Å². The third kappa shape index (κ3) is 4.01. The van der Waals surface area contributed by atoms with Gasteiger partial charge in [0.1, 0.15) is 0 Å². The number of thiazole rings is 1. The first kappa shape index (κ1) is 18.7. The number of aromatic nitrogens is 1. The summed E-state index contributed by atoms with van der Waals surface area (Å²) in [5, 5.41) is 2.57. The minimum atomic E-state index is -0.176. The van der Waals surface area contributed by atoms with E-state index >= 15 is 0 Å². The lowest BCUT2D eigenvalue weighted by Crippen LogP contribution is -2.31. The van der Waals surface area contributed by atoms with Crippen LogP contribution in [0.5, 0.6) is 11.5 Å². The predicted octanol–water partition coefficient (Wildman–Crippen LogP) is 4.66. The van der Waals surface area contributed by atoms with Gasteiger partial charge in [0.15, 0.2) is 16.6 Å². The molecule has 3 aromatic rings. The van der Waals surface area contributed by atoms with Gasteiger partial charge >= 0.3 is 0 Å². The number of rotatable bonds is 7. The lowest BCUT2D eigenvalue weighted by molar-refractivity contribution is 0.0989. The number of carbonyl (C=O) groups is 1. The van der Waals surface area contributed by atoms with Crippen LogP contribution in [0, 0.1) is 0 Å². The summed E-state index contributed by atoms with van der Waals surface area (Å²) in [5.74, 6) is 0.903. The quantitative estimate of drug-likeness (QED) is 0.560. The average Bonchev–Trinajstić information content (AvgIpc) is 3.21. The fourth-order valence-electron chi connectivity index (χ4n) is 2.63. The number of benzene rings is 2. The van der Waals surface area contributed by atoms with Crippen molar-refractivity contribution in [3.8, 4) is 22.8 Å². The molecule has 6 heteroatoms. The third-order valence-electron chi connectivity index (χ3n) is 3.98. The Hall–Kier alpha value is -3.12. The van der Waals surface area contributed by atoms with Crippen LogP contribution in [0.3, 0.4) is 0 Å². The van der Waals surface area contributed by atoms with Gasteiger partial charge in [-0.1, -0.05) is 36.4 Å². The van der Waals surface area contributed by atoms with Gasteiger partial charge in [-0.05, 0) is 18.2 Å². The summed E-state index contributed by atoms with van der Waals surface area (Å²) in [6.45, 7) is 4.12. The Labute approximate surface area is 162 Å². The molecule has 0 fully saturated rings. The van der Waals surface area contributed by atoms with E-state index in [-0.39, 0.29) is 5.91 Å². The van der Waals surface area contributed by atoms with E-state index in [0.29, 0.717) is 28.7 Å². The molecule has 5 nitrogen and oxygen atoms in total. The number of anilines is 1. The summed E-state index contributed by atoms with van der Waals surface area (Å²) < 4.78 is 10.5. The number of ether oxygens (including phenoxy) is 2. The predicted molar refractivity (Wildman–Crippen MR) is 109 cm³/mol. The van der Waals surface area contributed by atoms with Gasteiger partial charge in [-0.2, -0.15) is 0 Å². The Morgan fingerprint density at radius 3 is 2.56 bits per heavy atom. The van der Waals surface area contributed by atoms with E-state index in [2.05, 4.69) is 11.6 Å². The van der Waals surface area contributed by atoms with Gasteiger partial charge in [-0.3, -0.25) is 9.69 Å². The zero-order chi connectivity index (χ0) is 19.2. The first-order valence-corrected chi connectivity index (χ1v) is 9.21. The number of hydrogen-bond donors (Lipinski definition) is 0. The second-order valence-corrected chi connectivity index (χ2v) is 6.49. The maximum atomic E-state index is 13.1. The Balaban J connectivity index is 1.93. The van der Waals surface area contributed by atoms with Gasteiger partial charge in [0, 0.05) is 23.1 Å². The first-order valence-electron chi connectivity index (χ1n) is 8.33. The molecular weight excluding hydrogens is 360 g/mol. The highest BCUT2D eigenvalue weighted by Gasteiger charge is 2.21. The van der Waals surface area contributed by atoms with Crippen molar-refractivity contribution < 1.29 is 14.3 Å². The molecule has 0 bridgehead atoms. The topological polar surface area (TPSA) is 51.7 Å². The molecular formula is C21H20N2O3S. The molecule has 1 amide bonds. The fraction of sp³-hybridized carbons (Fsp3) is 0.143. The lowest BCUT2D eigenvalue weighted by atomic mass is 10.1. The number of nitrogens with zero attached hydrogens (tertiary/aromatic N) is 2. The van der Waals surface area contributed by atoms with Crippen molar-refractivity contribution in [3.05, 3.63) is 72.1 Å². The standard InChI is InChI=1S/C21H20N2O3S/c1-4-12-23(20(24)16-10-11-18(25-2)19(13-16)26-3)21-22-17(14-27-21)15-8-6-5-7-9-15/h4-11,13-14H,1,12H2,2-3H3. The van der Waals surface area contributed by atoms with Gasteiger partial charge in [-0.25, -0.2) is 4.98 Å². The first-order chi connectivity index (χ1) is 13.2. The van der Waals surface area contributed by atoms with Crippen LogP contribution < -0.4 is 14.4 Å². The molecule has 0 aliphatic rings. The molecule has 0 N–H and O–H groups in total. The summed E-state index contributed by atoms with van der Waals surface area (Å²) in [7, 11) is 3.10. The summed E-state index contributed by atoms with van der Waals surface area (Å²) in [5.41, 5.74) is 2.34. The summed E-state index contributed by atoms with van der Waals surface area (Å²) in [4.78, 5) is 19.3. The van der Waals surface area contributed by atoms with Crippen LogP contribution in [0.25, 0.3) is 11.3 Å². The van der Waals surface area contributed by atoms with Crippen LogP contribution in [0.15, 0.2) is 66.6 Å². The summed E-state index contributed by atoms with van der Waals surface area (Å²) in [6, 6.07) is 15.0. The molecule has 0 radical (unpaired) electrons. The molecule has 0 unspecified atom stereocenters. The Morgan fingerprint density at radius 1 is 1.15 bits per heavy atom. The molecule has 0 atom stereocenters. The molecule has 2 aromatic carbocycles. The zero-order valence-electron chi connectivity index (χ0n) is 15.2. The molecule has 0 saturated heterocycles. The third-order valence-corrected chi connectivity index (χ3v) is 4.84. The zero-order valence-corrected chi connectivity index (χ0v) is 16.0. The average molecular weight is 380 g/mol. The highest BCUT2D eigenvalue weighted by Crippen LogP contribution is 2.31. The highest BCUT2D eigenvalue weighted by molar-refractivity contribution is 7.14. The van der Waals surface area contributed by atoms with Gasteiger partial charge in [0.25, 0.3) is 5.91 Å². The minimum absolute atomic E-state index is 0.176. The van der Waals surface area contributed by atoms with E-state index in [9.17, 15) is 4.79 Å². The van der Waals surface area contributed by atoms with Gasteiger partial charge in [-0.15, -0.1) is 17.9 Å². The maximum absolute atomic E-state index is 13.1. The van der Waals surface area contributed by atoms with Gasteiger partial charge in [0.05, 0.1) is 19.9 Å². The van der Waals surface area contributed by atoms with E-state index in [0.717, 1.165) is 11.3 Å². The molecule has 0 aliphatic carbocycles. The van der Waals surface area contributed by atoms with Crippen molar-refractivity contribution in [1.82, 2.24) is 4.98 Å². The number of amides is 1. The van der Waals surface area contributed by atoms with Crippen LogP contribution in [0.4, 0.5) is 5.13 Å². The molecule has 1 aromatic heterocycles. The summed E-state index contributed by atoms with van der Waals surface area (Å²) in [6.07, 6.45) is 1.68. The minimum Gasteiger partial charge on any atom is -0.493 e. The van der Waals surface area contributed by atoms with Crippen molar-refractivity contribution in [1.29, 1.82) is 0 Å². The number of methoxy groups -OCH3 is 2. The molecule has 0 aliphatic heterocycles. The van der Waals surface area contributed by atoms with Crippen LogP contribution >= 0.6 is 11.3 Å². The van der Waals surface area contributed by atoms with Crippen LogP contribution in [0.2, 0.25) is 0 Å². The van der Waals surface area contributed by atoms with Crippen molar-refractivity contribution in [2.75, 3.05) is 25.7 Å². The van der Waals surface area contributed by atoms with Gasteiger partial charge in [0.2, 0.25) is 0 Å². The van der Waals surface area contributed by atoms with E-state index in [4.69, 9.17) is 9.47 Å². The van der Waals surface area contributed by atoms with E-state index in [1.165, 1.54) is 11.3 Å². The molecule has 3 rings (SSSR count). The molecule has 138 valence electrons. The Morgan fingerprint density at radius 2 is 1.89 bits per heavy atom. The Kier molecular flexibility index (Phi) is 5.88. The monoisotopic (exact) mass is 380 g/mol. The van der Waals surface area contributed by atoms with Crippen molar-refractivity contribution in [2.45, 2.75) is 0 Å². The smallest absolute Gasteiger partial charge is 0.260 e. The van der Waals surface area contributed by atoms with Crippen molar-refractivity contribution in [3.63, 3.8) is 0 Å². The number of carbonyl (C=O) groups excluding carboxylic acids is 1. The highest BCUT2D eigenvalue weighted by atomic mass is 32.1. The second-order valence-electron chi connectivity index (χ2n) is 5.66. The molecule has 0 spiro atoms. The van der Waals surface area contributed by atoms with Crippen LogP contribution in [-0.4, -0.2) is 31.7 Å². The normalized spacial score (nSPS) is 10.3. The second kappa shape index (κ2) is 8.51. The number of hydrogen-bond acceptors (Lipinski definition) is 5. The van der Waals surface area contributed by atoms with Crippen molar-refractivity contribution in [2.24, 2.45) is 0 Å². The SMILES string of the molecule is C=CCN(C(=O)c1ccc(OC)c(OC)c1)c1nc(-c2ccccc2)cs1. The molecule has 27 heavy (non-hydrogen) atoms. The van der Waals surface area contributed by atoms with E-state index in [1.54, 1.807) is 43.4 Å². The Bertz CT molecular complexity index is 938. The molecule has 0 saturated carbocycles. The van der Waals surface area contributed by atoms with Gasteiger partial charge < -0.3 is 9.47 Å². The van der Waals surface area contributed by atoms with Crippen molar-refractivity contribution >= 4 is 22.4 Å². The van der Waals surface area contributed by atoms with E-state index < -0.39 is 0 Å². The van der Waals surface area contributed by atoms with E-state index in [1.807, 2.05) is 35.7 Å². The fourth-order valence-corrected chi connectivity index (χ4v) is 3.47. The van der Waals surface area contributed by atoms with Crippen LogP contribution in [0.1, 0.15) is 10.4 Å². The molecule has 1 heterocycles.